The van der Waals surface area contributed by atoms with E-state index in [9.17, 15) is 4.79 Å². The fourth-order valence-electron chi connectivity index (χ4n) is 1.94. The maximum atomic E-state index is 12.5. The van der Waals surface area contributed by atoms with Gasteiger partial charge in [0.1, 0.15) is 5.82 Å². The molecule has 0 atom stereocenters. The zero-order valence-corrected chi connectivity index (χ0v) is 12.5. The Labute approximate surface area is 118 Å². The van der Waals surface area contributed by atoms with Crippen molar-refractivity contribution in [2.24, 2.45) is 0 Å². The molecule has 104 valence electrons. The van der Waals surface area contributed by atoms with Gasteiger partial charge in [0.25, 0.3) is 5.91 Å². The highest BCUT2D eigenvalue weighted by atomic mass is 32.2. The molecule has 19 heavy (non-hydrogen) atoms. The first-order valence-electron chi connectivity index (χ1n) is 6.55. The highest BCUT2D eigenvalue weighted by molar-refractivity contribution is 7.99. The SMILES string of the molecule is CNc1cnc(C(C)C)nc1C(=O)N1CCSCC1. The summed E-state index contributed by atoms with van der Waals surface area (Å²) in [7, 11) is 1.79. The molecule has 0 saturated carbocycles. The first kappa shape index (κ1) is 14.1. The lowest BCUT2D eigenvalue weighted by atomic mass is 10.2. The van der Waals surface area contributed by atoms with E-state index in [0.29, 0.717) is 17.2 Å². The lowest BCUT2D eigenvalue weighted by Gasteiger charge is -2.26. The molecule has 1 amide bonds. The average molecular weight is 280 g/mol. The molecule has 1 aliphatic rings. The van der Waals surface area contributed by atoms with Crippen LogP contribution in [-0.4, -0.2) is 52.4 Å². The summed E-state index contributed by atoms with van der Waals surface area (Å²) in [5.74, 6) is 2.95. The Kier molecular flexibility index (Phi) is 4.63. The van der Waals surface area contributed by atoms with Gasteiger partial charge in [-0.05, 0) is 0 Å². The van der Waals surface area contributed by atoms with Crippen LogP contribution in [0.15, 0.2) is 6.20 Å². The Balaban J connectivity index is 2.29. The highest BCUT2D eigenvalue weighted by Gasteiger charge is 2.23. The number of nitrogens with zero attached hydrogens (tertiary/aromatic N) is 3. The van der Waals surface area contributed by atoms with Gasteiger partial charge in [-0.2, -0.15) is 11.8 Å². The van der Waals surface area contributed by atoms with Crippen molar-refractivity contribution in [1.29, 1.82) is 0 Å². The van der Waals surface area contributed by atoms with E-state index in [-0.39, 0.29) is 11.8 Å². The van der Waals surface area contributed by atoms with E-state index in [2.05, 4.69) is 15.3 Å². The second-order valence-electron chi connectivity index (χ2n) is 4.80. The second-order valence-corrected chi connectivity index (χ2v) is 6.02. The van der Waals surface area contributed by atoms with Crippen molar-refractivity contribution in [3.8, 4) is 0 Å². The normalized spacial score (nSPS) is 15.7. The Hall–Kier alpha value is -1.30. The van der Waals surface area contributed by atoms with E-state index in [1.54, 1.807) is 13.2 Å². The molecule has 0 aliphatic carbocycles. The van der Waals surface area contributed by atoms with Crippen LogP contribution in [0.4, 0.5) is 5.69 Å². The Morgan fingerprint density at radius 1 is 1.42 bits per heavy atom. The number of aromatic nitrogens is 2. The van der Waals surface area contributed by atoms with E-state index in [1.165, 1.54) is 0 Å². The highest BCUT2D eigenvalue weighted by Crippen LogP contribution is 2.19. The molecule has 0 bridgehead atoms. The molecule has 5 nitrogen and oxygen atoms in total. The number of hydrogen-bond acceptors (Lipinski definition) is 5. The van der Waals surface area contributed by atoms with Crippen LogP contribution in [0.2, 0.25) is 0 Å². The minimum absolute atomic E-state index is 0.00829. The molecule has 0 unspecified atom stereocenters. The number of amides is 1. The van der Waals surface area contributed by atoms with E-state index in [1.807, 2.05) is 30.5 Å². The number of rotatable bonds is 3. The zero-order chi connectivity index (χ0) is 13.8. The maximum absolute atomic E-state index is 12.5. The fraction of sp³-hybridized carbons (Fsp3) is 0.615. The molecule has 0 spiro atoms. The molecule has 0 aromatic carbocycles. The Morgan fingerprint density at radius 3 is 2.68 bits per heavy atom. The lowest BCUT2D eigenvalue weighted by molar-refractivity contribution is 0.0767. The third-order valence-electron chi connectivity index (χ3n) is 3.09. The van der Waals surface area contributed by atoms with Crippen LogP contribution < -0.4 is 5.32 Å². The Morgan fingerprint density at radius 2 is 2.11 bits per heavy atom. The van der Waals surface area contributed by atoms with Crippen molar-refractivity contribution < 1.29 is 4.79 Å². The van der Waals surface area contributed by atoms with Crippen LogP contribution in [0.3, 0.4) is 0 Å². The van der Waals surface area contributed by atoms with Crippen molar-refractivity contribution in [2.75, 3.05) is 37.0 Å². The minimum Gasteiger partial charge on any atom is -0.385 e. The van der Waals surface area contributed by atoms with Gasteiger partial charge in [-0.15, -0.1) is 0 Å². The first-order valence-corrected chi connectivity index (χ1v) is 7.70. The molecule has 1 aromatic rings. The number of carbonyl (C=O) groups is 1. The number of carbonyl (C=O) groups excluding carboxylic acids is 1. The molecule has 6 heteroatoms. The predicted molar refractivity (Wildman–Crippen MR) is 78.9 cm³/mol. The fourth-order valence-corrected chi connectivity index (χ4v) is 2.84. The summed E-state index contributed by atoms with van der Waals surface area (Å²) in [6.07, 6.45) is 1.70. The van der Waals surface area contributed by atoms with Gasteiger partial charge in [0.2, 0.25) is 0 Å². The van der Waals surface area contributed by atoms with Gasteiger partial charge in [0.05, 0.1) is 11.9 Å². The maximum Gasteiger partial charge on any atom is 0.274 e. The van der Waals surface area contributed by atoms with Crippen LogP contribution in [0.25, 0.3) is 0 Å². The largest absolute Gasteiger partial charge is 0.385 e. The summed E-state index contributed by atoms with van der Waals surface area (Å²) in [6.45, 7) is 5.65. The minimum atomic E-state index is 0.00829. The van der Waals surface area contributed by atoms with E-state index >= 15 is 0 Å². The van der Waals surface area contributed by atoms with Crippen molar-refractivity contribution >= 4 is 23.4 Å². The summed E-state index contributed by atoms with van der Waals surface area (Å²) in [5.41, 5.74) is 1.20. The Bertz CT molecular complexity index is 458. The summed E-state index contributed by atoms with van der Waals surface area (Å²) in [4.78, 5) is 23.2. The third-order valence-corrected chi connectivity index (χ3v) is 4.04. The molecule has 1 aromatic heterocycles. The molecule has 1 saturated heterocycles. The van der Waals surface area contributed by atoms with Gasteiger partial charge in [-0.1, -0.05) is 13.8 Å². The molecule has 1 fully saturated rings. The topological polar surface area (TPSA) is 58.1 Å². The van der Waals surface area contributed by atoms with Gasteiger partial charge in [0.15, 0.2) is 5.69 Å². The van der Waals surface area contributed by atoms with Crippen molar-refractivity contribution in [3.63, 3.8) is 0 Å². The summed E-state index contributed by atoms with van der Waals surface area (Å²) >= 11 is 1.89. The molecular weight excluding hydrogens is 260 g/mol. The van der Waals surface area contributed by atoms with Gasteiger partial charge in [-0.3, -0.25) is 4.79 Å². The molecule has 1 aliphatic heterocycles. The first-order chi connectivity index (χ1) is 9.13. The number of anilines is 1. The molecule has 0 radical (unpaired) electrons. The van der Waals surface area contributed by atoms with Crippen LogP contribution in [0, 0.1) is 0 Å². The smallest absolute Gasteiger partial charge is 0.274 e. The zero-order valence-electron chi connectivity index (χ0n) is 11.6. The van der Waals surface area contributed by atoms with Crippen LogP contribution in [0.5, 0.6) is 0 Å². The van der Waals surface area contributed by atoms with Crippen LogP contribution in [-0.2, 0) is 0 Å². The van der Waals surface area contributed by atoms with Crippen LogP contribution in [0.1, 0.15) is 36.1 Å². The van der Waals surface area contributed by atoms with Crippen molar-refractivity contribution in [1.82, 2.24) is 14.9 Å². The van der Waals surface area contributed by atoms with Crippen LogP contribution >= 0.6 is 11.8 Å². The van der Waals surface area contributed by atoms with E-state index in [0.717, 1.165) is 24.6 Å². The summed E-state index contributed by atoms with van der Waals surface area (Å²) in [5, 5.41) is 3.00. The quantitative estimate of drug-likeness (QED) is 0.915. The number of nitrogens with one attached hydrogen (secondary N) is 1. The van der Waals surface area contributed by atoms with Gasteiger partial charge in [-0.25, -0.2) is 9.97 Å². The van der Waals surface area contributed by atoms with Gasteiger partial charge >= 0.3 is 0 Å². The monoisotopic (exact) mass is 280 g/mol. The predicted octanol–water partition coefficient (Wildman–Crippen LogP) is 1.83. The molecular formula is C13H20N4OS. The number of hydrogen-bond donors (Lipinski definition) is 1. The van der Waals surface area contributed by atoms with Crippen molar-refractivity contribution in [3.05, 3.63) is 17.7 Å². The summed E-state index contributed by atoms with van der Waals surface area (Å²) in [6, 6.07) is 0. The lowest BCUT2D eigenvalue weighted by Crippen LogP contribution is -2.38. The van der Waals surface area contributed by atoms with Gasteiger partial charge < -0.3 is 10.2 Å². The third kappa shape index (κ3) is 3.18. The van der Waals surface area contributed by atoms with Crippen molar-refractivity contribution in [2.45, 2.75) is 19.8 Å². The van der Waals surface area contributed by atoms with E-state index in [4.69, 9.17) is 0 Å². The number of thioether (sulfide) groups is 1. The summed E-state index contributed by atoms with van der Waals surface area (Å²) < 4.78 is 0. The molecule has 2 rings (SSSR count). The van der Waals surface area contributed by atoms with Gasteiger partial charge in [0, 0.05) is 37.6 Å². The average Bonchev–Trinajstić information content (AvgIpc) is 2.46. The molecule has 1 N–H and O–H groups in total. The standard InChI is InChI=1S/C13H20N4OS/c1-9(2)12-15-8-10(14-3)11(16-12)13(18)17-4-6-19-7-5-17/h8-9,14H,4-7H2,1-3H3. The second kappa shape index (κ2) is 6.23. The van der Waals surface area contributed by atoms with E-state index < -0.39 is 0 Å². The molecule has 2 heterocycles.